The van der Waals surface area contributed by atoms with Crippen LogP contribution in [-0.4, -0.2) is 14.6 Å². The maximum Gasteiger partial charge on any atom is 0.435 e. The Balaban J connectivity index is 1.87. The first kappa shape index (κ1) is 17.4. The van der Waals surface area contributed by atoms with Crippen molar-refractivity contribution in [3.05, 3.63) is 90.8 Å². The van der Waals surface area contributed by atoms with Crippen molar-refractivity contribution in [3.63, 3.8) is 0 Å². The van der Waals surface area contributed by atoms with E-state index in [9.17, 15) is 13.2 Å². The van der Waals surface area contributed by atoms with E-state index in [4.69, 9.17) is 0 Å². The molecule has 142 valence electrons. The second kappa shape index (κ2) is 6.44. The number of hydrogen-bond donors (Lipinski definition) is 0. The van der Waals surface area contributed by atoms with E-state index in [1.54, 1.807) is 18.2 Å². The Morgan fingerprint density at radius 3 is 2.28 bits per heavy atom. The summed E-state index contributed by atoms with van der Waals surface area (Å²) in [5, 5.41) is 5.41. The molecular formula is C23H14F3N3. The van der Waals surface area contributed by atoms with Gasteiger partial charge in [-0.05, 0) is 22.4 Å². The SMILES string of the molecule is FC(F)(F)c1nn2ccc(-c3ccccc3)nc2c1-c1cccc2ccccc12. The fourth-order valence-electron chi connectivity index (χ4n) is 3.59. The van der Waals surface area contributed by atoms with Crippen molar-refractivity contribution in [3.8, 4) is 22.4 Å². The molecule has 0 atom stereocenters. The summed E-state index contributed by atoms with van der Waals surface area (Å²) in [4.78, 5) is 4.56. The van der Waals surface area contributed by atoms with Crippen molar-refractivity contribution in [2.24, 2.45) is 0 Å². The van der Waals surface area contributed by atoms with Gasteiger partial charge in [0.05, 0.1) is 11.3 Å². The lowest BCUT2D eigenvalue weighted by molar-refractivity contribution is -0.140. The van der Waals surface area contributed by atoms with Gasteiger partial charge in [-0.15, -0.1) is 0 Å². The first-order chi connectivity index (χ1) is 14.0. The molecule has 0 bridgehead atoms. The van der Waals surface area contributed by atoms with Crippen LogP contribution in [0.3, 0.4) is 0 Å². The molecule has 2 heterocycles. The molecule has 0 saturated carbocycles. The molecule has 0 fully saturated rings. The smallest absolute Gasteiger partial charge is 0.228 e. The Labute approximate surface area is 164 Å². The molecule has 0 amide bonds. The number of fused-ring (bicyclic) bond motifs is 2. The Bertz CT molecular complexity index is 1330. The summed E-state index contributed by atoms with van der Waals surface area (Å²) < 4.78 is 42.9. The van der Waals surface area contributed by atoms with Gasteiger partial charge in [0.25, 0.3) is 0 Å². The first-order valence-corrected chi connectivity index (χ1v) is 9.02. The van der Waals surface area contributed by atoms with E-state index in [1.165, 1.54) is 10.7 Å². The van der Waals surface area contributed by atoms with Crippen LogP contribution in [0, 0.1) is 0 Å². The zero-order valence-corrected chi connectivity index (χ0v) is 15.1. The molecule has 0 unspecified atom stereocenters. The molecule has 0 aliphatic carbocycles. The van der Waals surface area contributed by atoms with Crippen LogP contribution < -0.4 is 0 Å². The Kier molecular flexibility index (Phi) is 3.87. The average Bonchev–Trinajstić information content (AvgIpc) is 3.13. The quantitative estimate of drug-likeness (QED) is 0.358. The summed E-state index contributed by atoms with van der Waals surface area (Å²) in [6.45, 7) is 0. The first-order valence-electron chi connectivity index (χ1n) is 9.02. The molecule has 5 aromatic rings. The second-order valence-electron chi connectivity index (χ2n) is 6.70. The summed E-state index contributed by atoms with van der Waals surface area (Å²) >= 11 is 0. The van der Waals surface area contributed by atoms with Crippen LogP contribution >= 0.6 is 0 Å². The molecule has 0 saturated heterocycles. The van der Waals surface area contributed by atoms with E-state index in [2.05, 4.69) is 10.1 Å². The van der Waals surface area contributed by atoms with Gasteiger partial charge in [0.2, 0.25) is 0 Å². The van der Waals surface area contributed by atoms with Crippen LogP contribution in [0.5, 0.6) is 0 Å². The Morgan fingerprint density at radius 2 is 1.48 bits per heavy atom. The summed E-state index contributed by atoms with van der Waals surface area (Å²) in [5.41, 5.74) is 1.11. The lowest BCUT2D eigenvalue weighted by Gasteiger charge is -2.09. The lowest BCUT2D eigenvalue weighted by Crippen LogP contribution is -2.07. The fourth-order valence-corrected chi connectivity index (χ4v) is 3.59. The van der Waals surface area contributed by atoms with Gasteiger partial charge in [-0.25, -0.2) is 9.50 Å². The van der Waals surface area contributed by atoms with Crippen LogP contribution in [0.15, 0.2) is 85.1 Å². The highest BCUT2D eigenvalue weighted by molar-refractivity contribution is 6.00. The van der Waals surface area contributed by atoms with Gasteiger partial charge in [-0.3, -0.25) is 0 Å². The predicted octanol–water partition coefficient (Wildman–Crippen LogP) is 6.24. The van der Waals surface area contributed by atoms with Crippen LogP contribution in [0.1, 0.15) is 5.69 Å². The highest BCUT2D eigenvalue weighted by Crippen LogP contribution is 2.41. The number of rotatable bonds is 2. The second-order valence-corrected chi connectivity index (χ2v) is 6.70. The zero-order valence-electron chi connectivity index (χ0n) is 15.1. The number of alkyl halides is 3. The van der Waals surface area contributed by atoms with Crippen molar-refractivity contribution >= 4 is 16.4 Å². The minimum absolute atomic E-state index is 0.00733. The van der Waals surface area contributed by atoms with Crippen molar-refractivity contribution in [2.75, 3.05) is 0 Å². The van der Waals surface area contributed by atoms with Crippen molar-refractivity contribution in [2.45, 2.75) is 6.18 Å². The maximum absolute atomic E-state index is 13.9. The van der Waals surface area contributed by atoms with E-state index in [0.29, 0.717) is 11.3 Å². The fraction of sp³-hybridized carbons (Fsp3) is 0.0435. The molecule has 0 aliphatic rings. The molecule has 0 spiro atoms. The van der Waals surface area contributed by atoms with Gasteiger partial charge in [0.15, 0.2) is 11.3 Å². The third-order valence-electron chi connectivity index (χ3n) is 4.88. The molecule has 29 heavy (non-hydrogen) atoms. The predicted molar refractivity (Wildman–Crippen MR) is 106 cm³/mol. The number of aromatic nitrogens is 3. The minimum atomic E-state index is -4.60. The van der Waals surface area contributed by atoms with E-state index >= 15 is 0 Å². The monoisotopic (exact) mass is 389 g/mol. The topological polar surface area (TPSA) is 30.2 Å². The summed E-state index contributed by atoms with van der Waals surface area (Å²) in [6, 6.07) is 23.7. The third-order valence-corrected chi connectivity index (χ3v) is 4.88. The lowest BCUT2D eigenvalue weighted by atomic mass is 9.98. The minimum Gasteiger partial charge on any atom is -0.228 e. The Hall–Kier alpha value is -3.67. The van der Waals surface area contributed by atoms with Gasteiger partial charge < -0.3 is 0 Å². The summed E-state index contributed by atoms with van der Waals surface area (Å²) in [6.07, 6.45) is -3.08. The number of hydrogen-bond acceptors (Lipinski definition) is 2. The van der Waals surface area contributed by atoms with Gasteiger partial charge >= 0.3 is 6.18 Å². The molecule has 0 N–H and O–H groups in total. The van der Waals surface area contributed by atoms with Gasteiger partial charge in [-0.2, -0.15) is 18.3 Å². The van der Waals surface area contributed by atoms with Crippen LogP contribution in [-0.2, 0) is 6.18 Å². The van der Waals surface area contributed by atoms with E-state index in [-0.39, 0.29) is 11.2 Å². The van der Waals surface area contributed by atoms with E-state index < -0.39 is 11.9 Å². The van der Waals surface area contributed by atoms with Gasteiger partial charge in [0.1, 0.15) is 0 Å². The largest absolute Gasteiger partial charge is 0.435 e. The van der Waals surface area contributed by atoms with Gasteiger partial charge in [-0.1, -0.05) is 72.8 Å². The molecular weight excluding hydrogens is 375 g/mol. The average molecular weight is 389 g/mol. The summed E-state index contributed by atoms with van der Waals surface area (Å²) in [5.74, 6) is 0. The molecule has 0 aliphatic heterocycles. The number of nitrogens with zero attached hydrogens (tertiary/aromatic N) is 3. The zero-order chi connectivity index (χ0) is 20.0. The molecule has 3 aromatic carbocycles. The highest BCUT2D eigenvalue weighted by Gasteiger charge is 2.39. The molecule has 6 heteroatoms. The molecule has 5 rings (SSSR count). The molecule has 2 aromatic heterocycles. The maximum atomic E-state index is 13.9. The third kappa shape index (κ3) is 2.93. The standard InChI is InChI=1S/C23H14F3N3/c24-23(25,26)21-20(18-12-6-10-15-7-4-5-11-17(15)18)22-27-19(13-14-29(22)28-21)16-8-2-1-3-9-16/h1-14H. The van der Waals surface area contributed by atoms with Crippen molar-refractivity contribution in [1.29, 1.82) is 0 Å². The van der Waals surface area contributed by atoms with Crippen molar-refractivity contribution in [1.82, 2.24) is 14.6 Å². The van der Waals surface area contributed by atoms with Gasteiger partial charge in [0, 0.05) is 11.8 Å². The number of halogens is 3. The number of benzene rings is 3. The van der Waals surface area contributed by atoms with Crippen LogP contribution in [0.25, 0.3) is 38.8 Å². The highest BCUT2D eigenvalue weighted by atomic mass is 19.4. The van der Waals surface area contributed by atoms with E-state index in [0.717, 1.165) is 16.3 Å². The van der Waals surface area contributed by atoms with E-state index in [1.807, 2.05) is 60.7 Å². The van der Waals surface area contributed by atoms with Crippen LogP contribution in [0.4, 0.5) is 13.2 Å². The van der Waals surface area contributed by atoms with Crippen LogP contribution in [0.2, 0.25) is 0 Å². The molecule has 0 radical (unpaired) electrons. The normalized spacial score (nSPS) is 12.0. The molecule has 3 nitrogen and oxygen atoms in total. The van der Waals surface area contributed by atoms with Crippen molar-refractivity contribution < 1.29 is 13.2 Å². The Morgan fingerprint density at radius 1 is 0.759 bits per heavy atom. The summed E-state index contributed by atoms with van der Waals surface area (Å²) in [7, 11) is 0.